The van der Waals surface area contributed by atoms with Crippen LogP contribution < -0.4 is 0 Å². The number of benzene rings is 1. The van der Waals surface area contributed by atoms with Crippen LogP contribution in [0.1, 0.15) is 34.8 Å². The van der Waals surface area contributed by atoms with E-state index in [0.717, 1.165) is 31.1 Å². The Hall–Kier alpha value is -2.39. The Balaban J connectivity index is 1.53. The molecule has 25 heavy (non-hydrogen) atoms. The third kappa shape index (κ3) is 3.38. The van der Waals surface area contributed by atoms with E-state index in [1.807, 2.05) is 12.3 Å². The summed E-state index contributed by atoms with van der Waals surface area (Å²) in [6.45, 7) is 7.44. The van der Waals surface area contributed by atoms with Crippen LogP contribution in [0.3, 0.4) is 0 Å². The molecule has 1 aliphatic heterocycles. The molecule has 1 aromatic carbocycles. The highest BCUT2D eigenvalue weighted by atomic mass is 16.3. The van der Waals surface area contributed by atoms with Crippen molar-refractivity contribution in [2.75, 3.05) is 13.1 Å². The number of nitrogens with zero attached hydrogens (tertiary/aromatic N) is 2. The lowest BCUT2D eigenvalue weighted by molar-refractivity contribution is 0.294. The van der Waals surface area contributed by atoms with Gasteiger partial charge in [-0.25, -0.2) is 0 Å². The molecule has 2 aromatic heterocycles. The average Bonchev–Trinajstić information content (AvgIpc) is 3.30. The molecule has 0 radical (unpaired) electrons. The molecule has 128 valence electrons. The topological polar surface area (TPSA) is 29.3 Å². The number of furan rings is 1. The maximum Gasteiger partial charge on any atom is 0.117 e. The fourth-order valence-corrected chi connectivity index (χ4v) is 3.75. The van der Waals surface area contributed by atoms with Gasteiger partial charge in [0.15, 0.2) is 0 Å². The summed E-state index contributed by atoms with van der Waals surface area (Å²) in [5.74, 6) is 1.62. The van der Waals surface area contributed by atoms with Gasteiger partial charge >= 0.3 is 0 Å². The van der Waals surface area contributed by atoms with Gasteiger partial charge in [-0.3, -0.25) is 9.88 Å². The maximum absolute atomic E-state index is 5.49. The largest absolute Gasteiger partial charge is 0.468 e. The molecule has 0 saturated carbocycles. The summed E-state index contributed by atoms with van der Waals surface area (Å²) >= 11 is 0. The van der Waals surface area contributed by atoms with Gasteiger partial charge in [-0.15, -0.1) is 0 Å². The first kappa shape index (κ1) is 16.1. The van der Waals surface area contributed by atoms with E-state index in [4.69, 9.17) is 4.42 Å². The van der Waals surface area contributed by atoms with E-state index in [-0.39, 0.29) is 0 Å². The number of likely N-dealkylation sites (tertiary alicyclic amines) is 1. The van der Waals surface area contributed by atoms with Gasteiger partial charge < -0.3 is 4.42 Å². The van der Waals surface area contributed by atoms with Gasteiger partial charge in [-0.05, 0) is 73.7 Å². The molecule has 1 saturated heterocycles. The van der Waals surface area contributed by atoms with Crippen LogP contribution in [0.5, 0.6) is 0 Å². The highest BCUT2D eigenvalue weighted by Crippen LogP contribution is 2.31. The van der Waals surface area contributed by atoms with E-state index >= 15 is 0 Å². The SMILES string of the molecule is Cc1cccc(-c2cc([C@H]3CCN(Cc4ccco4)C3)ccn2)c1C. The van der Waals surface area contributed by atoms with E-state index in [1.165, 1.54) is 28.7 Å². The lowest BCUT2D eigenvalue weighted by Crippen LogP contribution is -2.19. The Kier molecular flexibility index (Phi) is 4.41. The van der Waals surface area contributed by atoms with Gasteiger partial charge in [0.05, 0.1) is 18.5 Å². The summed E-state index contributed by atoms with van der Waals surface area (Å²) < 4.78 is 5.49. The fraction of sp³-hybridized carbons (Fsp3) is 0.318. The van der Waals surface area contributed by atoms with Crippen molar-refractivity contribution in [1.82, 2.24) is 9.88 Å². The Morgan fingerprint density at radius 3 is 2.92 bits per heavy atom. The molecule has 0 N–H and O–H groups in total. The first-order valence-corrected chi connectivity index (χ1v) is 8.98. The average molecular weight is 332 g/mol. The maximum atomic E-state index is 5.49. The van der Waals surface area contributed by atoms with Crippen molar-refractivity contribution in [3.63, 3.8) is 0 Å². The molecular weight excluding hydrogens is 308 g/mol. The molecule has 3 heteroatoms. The van der Waals surface area contributed by atoms with Gasteiger partial charge in [0.1, 0.15) is 5.76 Å². The van der Waals surface area contributed by atoms with E-state index in [0.29, 0.717) is 5.92 Å². The Morgan fingerprint density at radius 1 is 1.16 bits per heavy atom. The molecule has 0 bridgehead atoms. The summed E-state index contributed by atoms with van der Waals surface area (Å²) in [5, 5.41) is 0. The summed E-state index contributed by atoms with van der Waals surface area (Å²) in [4.78, 5) is 7.11. The third-order valence-electron chi connectivity index (χ3n) is 5.37. The zero-order valence-electron chi connectivity index (χ0n) is 14.9. The molecule has 1 aliphatic rings. The molecule has 3 nitrogen and oxygen atoms in total. The lowest BCUT2D eigenvalue weighted by Gasteiger charge is -2.15. The first-order chi connectivity index (χ1) is 12.2. The molecule has 0 unspecified atom stereocenters. The third-order valence-corrected chi connectivity index (χ3v) is 5.37. The van der Waals surface area contributed by atoms with Crippen molar-refractivity contribution in [3.8, 4) is 11.3 Å². The van der Waals surface area contributed by atoms with Crippen molar-refractivity contribution in [1.29, 1.82) is 0 Å². The minimum absolute atomic E-state index is 0.571. The van der Waals surface area contributed by atoms with E-state index in [1.54, 1.807) is 6.26 Å². The zero-order valence-corrected chi connectivity index (χ0v) is 14.9. The van der Waals surface area contributed by atoms with Crippen LogP contribution in [0.15, 0.2) is 59.3 Å². The second-order valence-corrected chi connectivity index (χ2v) is 7.02. The Labute approximate surface area is 149 Å². The normalized spacial score (nSPS) is 17.9. The van der Waals surface area contributed by atoms with Crippen molar-refractivity contribution in [2.45, 2.75) is 32.7 Å². The molecule has 3 aromatic rings. The lowest BCUT2D eigenvalue weighted by atomic mass is 9.95. The van der Waals surface area contributed by atoms with Crippen LogP contribution in [0.2, 0.25) is 0 Å². The van der Waals surface area contributed by atoms with Crippen molar-refractivity contribution in [2.24, 2.45) is 0 Å². The zero-order chi connectivity index (χ0) is 17.2. The van der Waals surface area contributed by atoms with Crippen molar-refractivity contribution in [3.05, 3.63) is 77.4 Å². The van der Waals surface area contributed by atoms with Gasteiger partial charge in [-0.2, -0.15) is 0 Å². The van der Waals surface area contributed by atoms with Crippen LogP contribution >= 0.6 is 0 Å². The van der Waals surface area contributed by atoms with E-state index in [9.17, 15) is 0 Å². The number of aryl methyl sites for hydroxylation is 1. The van der Waals surface area contributed by atoms with E-state index < -0.39 is 0 Å². The number of aromatic nitrogens is 1. The number of hydrogen-bond donors (Lipinski definition) is 0. The Morgan fingerprint density at radius 2 is 2.08 bits per heavy atom. The summed E-state index contributed by atoms with van der Waals surface area (Å²) in [7, 11) is 0. The van der Waals surface area contributed by atoms with E-state index in [2.05, 4.69) is 60.1 Å². The van der Waals surface area contributed by atoms with Crippen LogP contribution in [0, 0.1) is 13.8 Å². The minimum Gasteiger partial charge on any atom is -0.468 e. The predicted molar refractivity (Wildman–Crippen MR) is 100 cm³/mol. The first-order valence-electron chi connectivity index (χ1n) is 8.98. The van der Waals surface area contributed by atoms with Crippen molar-refractivity contribution >= 4 is 0 Å². The summed E-state index contributed by atoms with van der Waals surface area (Å²) in [5.41, 5.74) is 6.36. The molecule has 0 aliphatic carbocycles. The van der Waals surface area contributed by atoms with Crippen LogP contribution in [0.4, 0.5) is 0 Å². The second kappa shape index (κ2) is 6.85. The minimum atomic E-state index is 0.571. The number of hydrogen-bond acceptors (Lipinski definition) is 3. The summed E-state index contributed by atoms with van der Waals surface area (Å²) in [6.07, 6.45) is 4.90. The molecular formula is C22H24N2O. The Bertz CT molecular complexity index is 854. The standard InChI is InChI=1S/C22H24N2O/c1-16-5-3-7-21(17(16)2)22-13-18(8-10-23-22)19-9-11-24(14-19)15-20-6-4-12-25-20/h3-8,10,12-13,19H,9,11,14-15H2,1-2H3/t19-/m0/s1. The van der Waals surface area contributed by atoms with Crippen LogP contribution in [-0.4, -0.2) is 23.0 Å². The molecule has 3 heterocycles. The van der Waals surface area contributed by atoms with Crippen molar-refractivity contribution < 1.29 is 4.42 Å². The molecule has 0 spiro atoms. The molecule has 1 atom stereocenters. The quantitative estimate of drug-likeness (QED) is 0.677. The summed E-state index contributed by atoms with van der Waals surface area (Å²) in [6, 6.07) is 14.9. The number of rotatable bonds is 4. The molecule has 1 fully saturated rings. The molecule has 0 amide bonds. The second-order valence-electron chi connectivity index (χ2n) is 7.02. The highest BCUT2D eigenvalue weighted by molar-refractivity contribution is 5.65. The van der Waals surface area contributed by atoms with Crippen LogP contribution in [-0.2, 0) is 6.54 Å². The van der Waals surface area contributed by atoms with Gasteiger partial charge in [0, 0.05) is 18.3 Å². The monoisotopic (exact) mass is 332 g/mol. The number of pyridine rings is 1. The smallest absolute Gasteiger partial charge is 0.117 e. The highest BCUT2D eigenvalue weighted by Gasteiger charge is 2.24. The van der Waals surface area contributed by atoms with Gasteiger partial charge in [0.2, 0.25) is 0 Å². The van der Waals surface area contributed by atoms with Crippen LogP contribution in [0.25, 0.3) is 11.3 Å². The molecule has 4 rings (SSSR count). The fourth-order valence-electron chi connectivity index (χ4n) is 3.75. The van der Waals surface area contributed by atoms with Gasteiger partial charge in [-0.1, -0.05) is 18.2 Å². The van der Waals surface area contributed by atoms with Gasteiger partial charge in [0.25, 0.3) is 0 Å². The predicted octanol–water partition coefficient (Wildman–Crippen LogP) is 4.95.